The van der Waals surface area contributed by atoms with E-state index in [9.17, 15) is 0 Å². The zero-order valence-corrected chi connectivity index (χ0v) is 8.24. The third kappa shape index (κ3) is 2.05. The maximum atomic E-state index is 5.82. The fourth-order valence-corrected chi connectivity index (χ4v) is 1.94. The highest BCUT2D eigenvalue weighted by atomic mass is 15.0. The number of nitrogens with one attached hydrogen (secondary N) is 1. The molecule has 1 fully saturated rings. The highest BCUT2D eigenvalue weighted by Gasteiger charge is 2.18. The second kappa shape index (κ2) is 3.98. The van der Waals surface area contributed by atoms with Gasteiger partial charge in [-0.2, -0.15) is 0 Å². The number of rotatable bonds is 1. The van der Waals surface area contributed by atoms with Crippen molar-refractivity contribution < 1.29 is 0 Å². The first-order chi connectivity index (χ1) is 6.75. The van der Waals surface area contributed by atoms with Crippen molar-refractivity contribution in [1.82, 2.24) is 5.32 Å². The summed E-state index contributed by atoms with van der Waals surface area (Å²) >= 11 is 0. The minimum Gasteiger partial charge on any atom is -0.399 e. The molecule has 0 bridgehead atoms. The van der Waals surface area contributed by atoms with Crippen LogP contribution < -0.4 is 16.8 Å². The van der Waals surface area contributed by atoms with E-state index >= 15 is 0 Å². The molecule has 1 saturated heterocycles. The van der Waals surface area contributed by atoms with E-state index in [1.165, 1.54) is 5.56 Å². The highest BCUT2D eigenvalue weighted by molar-refractivity contribution is 5.41. The predicted octanol–water partition coefficient (Wildman–Crippen LogP) is 1.02. The van der Waals surface area contributed by atoms with Gasteiger partial charge in [-0.15, -0.1) is 0 Å². The van der Waals surface area contributed by atoms with Crippen molar-refractivity contribution in [3.8, 4) is 0 Å². The molecule has 0 radical (unpaired) electrons. The molecule has 2 atom stereocenters. The lowest BCUT2D eigenvalue weighted by Gasteiger charge is -2.28. The third-order valence-electron chi connectivity index (χ3n) is 2.77. The van der Waals surface area contributed by atoms with Crippen molar-refractivity contribution in [2.45, 2.75) is 24.9 Å². The van der Waals surface area contributed by atoms with E-state index in [0.717, 1.165) is 25.1 Å². The Hall–Kier alpha value is -1.06. The van der Waals surface area contributed by atoms with Gasteiger partial charge in [-0.3, -0.25) is 0 Å². The smallest absolute Gasteiger partial charge is 0.0322 e. The van der Waals surface area contributed by atoms with Crippen LogP contribution in [-0.2, 0) is 0 Å². The summed E-state index contributed by atoms with van der Waals surface area (Å²) in [5, 5.41) is 3.43. The maximum Gasteiger partial charge on any atom is 0.0322 e. The van der Waals surface area contributed by atoms with Crippen LogP contribution in [0.25, 0.3) is 0 Å². The summed E-state index contributed by atoms with van der Waals surface area (Å²) in [7, 11) is 0. The van der Waals surface area contributed by atoms with Gasteiger partial charge >= 0.3 is 0 Å². The summed E-state index contributed by atoms with van der Waals surface area (Å²) in [6.07, 6.45) is 2.19. The van der Waals surface area contributed by atoms with Gasteiger partial charge in [0.15, 0.2) is 0 Å². The van der Waals surface area contributed by atoms with Crippen LogP contribution in [0.4, 0.5) is 5.69 Å². The van der Waals surface area contributed by atoms with Gasteiger partial charge in [-0.05, 0) is 30.5 Å². The molecular weight excluding hydrogens is 174 g/mol. The van der Waals surface area contributed by atoms with Crippen molar-refractivity contribution in [3.63, 3.8) is 0 Å². The maximum absolute atomic E-state index is 5.82. The van der Waals surface area contributed by atoms with Crippen molar-refractivity contribution in [2.24, 2.45) is 5.73 Å². The van der Waals surface area contributed by atoms with Crippen molar-refractivity contribution >= 4 is 5.69 Å². The molecule has 0 saturated carbocycles. The molecule has 5 N–H and O–H groups in total. The normalized spacial score (nSPS) is 27.5. The van der Waals surface area contributed by atoms with Crippen molar-refractivity contribution in [1.29, 1.82) is 0 Å². The van der Waals surface area contributed by atoms with Gasteiger partial charge in [-0.25, -0.2) is 0 Å². The average molecular weight is 191 g/mol. The Kier molecular flexibility index (Phi) is 2.70. The van der Waals surface area contributed by atoms with E-state index in [0.29, 0.717) is 12.1 Å². The Bertz CT molecular complexity index is 303. The Morgan fingerprint density at radius 2 is 2.14 bits per heavy atom. The molecule has 0 amide bonds. The standard InChI is InChI=1S/C11H17N3/c12-9-3-1-2-8(6-9)11-5-4-10(13)7-14-11/h1-3,6,10-11,14H,4-5,7,12-13H2. The molecule has 3 nitrogen and oxygen atoms in total. The molecule has 1 aromatic carbocycles. The van der Waals surface area contributed by atoms with Crippen LogP contribution in [0.15, 0.2) is 24.3 Å². The zero-order valence-electron chi connectivity index (χ0n) is 8.24. The van der Waals surface area contributed by atoms with E-state index in [1.807, 2.05) is 18.2 Å². The van der Waals surface area contributed by atoms with Crippen LogP contribution >= 0.6 is 0 Å². The summed E-state index contributed by atoms with van der Waals surface area (Å²) in [6, 6.07) is 8.81. The zero-order chi connectivity index (χ0) is 9.97. The summed E-state index contributed by atoms with van der Waals surface area (Å²) in [5.74, 6) is 0. The van der Waals surface area contributed by atoms with Crippen molar-refractivity contribution in [3.05, 3.63) is 29.8 Å². The van der Waals surface area contributed by atoms with Gasteiger partial charge in [0.2, 0.25) is 0 Å². The van der Waals surface area contributed by atoms with Crippen LogP contribution in [-0.4, -0.2) is 12.6 Å². The second-order valence-electron chi connectivity index (χ2n) is 3.97. The van der Waals surface area contributed by atoms with Crippen molar-refractivity contribution in [2.75, 3.05) is 12.3 Å². The monoisotopic (exact) mass is 191 g/mol. The minimum absolute atomic E-state index is 0.312. The molecule has 1 aliphatic heterocycles. The van der Waals surface area contributed by atoms with E-state index in [-0.39, 0.29) is 0 Å². The Balaban J connectivity index is 2.08. The number of benzene rings is 1. The first kappa shape index (κ1) is 9.49. The molecule has 1 aromatic rings. The third-order valence-corrected chi connectivity index (χ3v) is 2.77. The largest absolute Gasteiger partial charge is 0.399 e. The molecule has 14 heavy (non-hydrogen) atoms. The number of hydrogen-bond acceptors (Lipinski definition) is 3. The van der Waals surface area contributed by atoms with Gasteiger partial charge < -0.3 is 16.8 Å². The van der Waals surface area contributed by atoms with Gasteiger partial charge in [0.25, 0.3) is 0 Å². The average Bonchev–Trinajstić information content (AvgIpc) is 2.19. The van der Waals surface area contributed by atoms with Gasteiger partial charge in [0.05, 0.1) is 0 Å². The lowest BCUT2D eigenvalue weighted by atomic mass is 9.95. The quantitative estimate of drug-likeness (QED) is 0.581. The van der Waals surface area contributed by atoms with E-state index in [4.69, 9.17) is 11.5 Å². The molecular formula is C11H17N3. The number of piperidine rings is 1. The van der Waals surface area contributed by atoms with E-state index in [1.54, 1.807) is 0 Å². The first-order valence-corrected chi connectivity index (χ1v) is 5.10. The Labute approximate surface area is 84.5 Å². The minimum atomic E-state index is 0.312. The number of anilines is 1. The Morgan fingerprint density at radius 1 is 1.29 bits per heavy atom. The SMILES string of the molecule is Nc1cccc(C2CCC(N)CN2)c1. The highest BCUT2D eigenvalue weighted by Crippen LogP contribution is 2.23. The fourth-order valence-electron chi connectivity index (χ4n) is 1.94. The Morgan fingerprint density at radius 3 is 2.79 bits per heavy atom. The van der Waals surface area contributed by atoms with Gasteiger partial charge in [0, 0.05) is 24.3 Å². The summed E-state index contributed by atoms with van der Waals surface area (Å²) in [6.45, 7) is 0.902. The number of nitrogens with two attached hydrogens (primary N) is 2. The molecule has 2 unspecified atom stereocenters. The van der Waals surface area contributed by atoms with Crippen LogP contribution in [0.5, 0.6) is 0 Å². The van der Waals surface area contributed by atoms with Gasteiger partial charge in [0.1, 0.15) is 0 Å². The van der Waals surface area contributed by atoms with Gasteiger partial charge in [-0.1, -0.05) is 12.1 Å². The summed E-state index contributed by atoms with van der Waals surface area (Å²) in [4.78, 5) is 0. The topological polar surface area (TPSA) is 64.1 Å². The fraction of sp³-hybridized carbons (Fsp3) is 0.455. The number of hydrogen-bond donors (Lipinski definition) is 3. The molecule has 1 heterocycles. The van der Waals surface area contributed by atoms with Crippen LogP contribution in [0.1, 0.15) is 24.4 Å². The molecule has 76 valence electrons. The lowest BCUT2D eigenvalue weighted by Crippen LogP contribution is -2.41. The first-order valence-electron chi connectivity index (χ1n) is 5.10. The molecule has 2 rings (SSSR count). The predicted molar refractivity (Wildman–Crippen MR) is 58.8 cm³/mol. The molecule has 3 heteroatoms. The number of nitrogen functional groups attached to an aromatic ring is 1. The van der Waals surface area contributed by atoms with E-state index in [2.05, 4.69) is 11.4 Å². The van der Waals surface area contributed by atoms with Crippen LogP contribution in [0.2, 0.25) is 0 Å². The molecule has 0 aromatic heterocycles. The van der Waals surface area contributed by atoms with E-state index < -0.39 is 0 Å². The molecule has 0 aliphatic carbocycles. The molecule has 1 aliphatic rings. The van der Waals surface area contributed by atoms with Crippen LogP contribution in [0, 0.1) is 0 Å². The summed E-state index contributed by atoms with van der Waals surface area (Å²) < 4.78 is 0. The lowest BCUT2D eigenvalue weighted by molar-refractivity contribution is 0.373. The summed E-state index contributed by atoms with van der Waals surface area (Å²) in [5.41, 5.74) is 13.7. The van der Waals surface area contributed by atoms with Crippen LogP contribution in [0.3, 0.4) is 0 Å². The second-order valence-corrected chi connectivity index (χ2v) is 3.97. The molecule has 0 spiro atoms.